The second-order valence-electron chi connectivity index (χ2n) is 6.09. The maximum Gasteiger partial charge on any atom is 0.193 e. The number of guanidine groups is 1. The molecule has 0 saturated carbocycles. The van der Waals surface area contributed by atoms with E-state index in [1.54, 1.807) is 0 Å². The molecule has 0 radical (unpaired) electrons. The maximum atomic E-state index is 6.05. The van der Waals surface area contributed by atoms with Crippen molar-refractivity contribution in [2.24, 2.45) is 18.0 Å². The molecule has 1 fully saturated rings. The molecule has 0 aromatic carbocycles. The summed E-state index contributed by atoms with van der Waals surface area (Å²) in [7, 11) is 5.91. The molecule has 0 spiro atoms. The molecule has 1 aromatic rings. The number of nitrogens with one attached hydrogen (secondary N) is 1. The first-order valence-corrected chi connectivity index (χ1v) is 8.36. The van der Waals surface area contributed by atoms with E-state index in [9.17, 15) is 0 Å². The number of rotatable bonds is 5. The molecule has 0 aliphatic carbocycles. The van der Waals surface area contributed by atoms with Crippen LogP contribution in [-0.4, -0.2) is 60.6 Å². The number of aryl methyl sites for hydroxylation is 1. The molecule has 132 valence electrons. The molecule has 7 heteroatoms. The Labute approximate surface area is 162 Å². The third kappa shape index (κ3) is 5.83. The van der Waals surface area contributed by atoms with Gasteiger partial charge in [-0.1, -0.05) is 18.5 Å². The monoisotopic (exact) mass is 453 g/mol. The maximum absolute atomic E-state index is 6.05. The zero-order chi connectivity index (χ0) is 16.1. The molecule has 1 aliphatic rings. The van der Waals surface area contributed by atoms with E-state index in [0.717, 1.165) is 36.5 Å². The van der Waals surface area contributed by atoms with Crippen LogP contribution in [0.2, 0.25) is 5.02 Å². The van der Waals surface area contributed by atoms with Crippen LogP contribution in [0, 0.1) is 5.92 Å². The Bertz CT molecular complexity index is 517. The summed E-state index contributed by atoms with van der Waals surface area (Å²) in [6.07, 6.45) is 3.20. The molecule has 1 aliphatic heterocycles. The second kappa shape index (κ2) is 9.74. The highest BCUT2D eigenvalue weighted by molar-refractivity contribution is 14.0. The van der Waals surface area contributed by atoms with Gasteiger partial charge in [-0.2, -0.15) is 0 Å². The Balaban J connectivity index is 0.00000264. The predicted octanol–water partition coefficient (Wildman–Crippen LogP) is 2.65. The van der Waals surface area contributed by atoms with Gasteiger partial charge in [-0.25, -0.2) is 0 Å². The largest absolute Gasteiger partial charge is 0.356 e. The van der Waals surface area contributed by atoms with Gasteiger partial charge >= 0.3 is 0 Å². The average Bonchev–Trinajstić information content (AvgIpc) is 3.06. The summed E-state index contributed by atoms with van der Waals surface area (Å²) in [6, 6.07) is 2.00. The fourth-order valence-electron chi connectivity index (χ4n) is 3.03. The summed E-state index contributed by atoms with van der Waals surface area (Å²) >= 11 is 6.05. The predicted molar refractivity (Wildman–Crippen MR) is 109 cm³/mol. The lowest BCUT2D eigenvalue weighted by molar-refractivity contribution is 0.340. The smallest absolute Gasteiger partial charge is 0.193 e. The van der Waals surface area contributed by atoms with Crippen LogP contribution >= 0.6 is 35.6 Å². The van der Waals surface area contributed by atoms with E-state index in [4.69, 9.17) is 11.6 Å². The van der Waals surface area contributed by atoms with E-state index in [0.29, 0.717) is 0 Å². The first-order valence-electron chi connectivity index (χ1n) is 7.98. The summed E-state index contributed by atoms with van der Waals surface area (Å²) in [5, 5.41) is 4.29. The van der Waals surface area contributed by atoms with Crippen LogP contribution in [0.25, 0.3) is 0 Å². The van der Waals surface area contributed by atoms with Crippen molar-refractivity contribution in [1.82, 2.24) is 19.7 Å². The van der Waals surface area contributed by atoms with Crippen molar-refractivity contribution >= 4 is 41.5 Å². The number of halogens is 2. The standard InChI is InChI=1S/C16H28ClN5.HI/c1-5-22-7-6-13(10-22)9-19-16(18-2)21(4)12-15-8-14(17)11-20(15)3;/h8,11,13H,5-7,9-10,12H2,1-4H3,(H,18,19);1H. The number of aromatic nitrogens is 1. The van der Waals surface area contributed by atoms with Gasteiger partial charge in [0.15, 0.2) is 5.96 Å². The highest BCUT2D eigenvalue weighted by Gasteiger charge is 2.21. The number of hydrogen-bond acceptors (Lipinski definition) is 2. The summed E-state index contributed by atoms with van der Waals surface area (Å²) in [4.78, 5) is 9.04. The first-order chi connectivity index (χ1) is 10.5. The summed E-state index contributed by atoms with van der Waals surface area (Å²) in [5.74, 6) is 1.65. The van der Waals surface area contributed by atoms with Crippen LogP contribution in [0.1, 0.15) is 19.0 Å². The Hall–Kier alpha value is -0.470. The van der Waals surface area contributed by atoms with Gasteiger partial charge in [0.1, 0.15) is 0 Å². The first kappa shape index (κ1) is 20.6. The van der Waals surface area contributed by atoms with Gasteiger partial charge in [-0.05, 0) is 31.5 Å². The van der Waals surface area contributed by atoms with E-state index in [-0.39, 0.29) is 24.0 Å². The zero-order valence-corrected chi connectivity index (χ0v) is 17.6. The molecule has 1 aromatic heterocycles. The van der Waals surface area contributed by atoms with E-state index in [2.05, 4.69) is 38.6 Å². The lowest BCUT2D eigenvalue weighted by Crippen LogP contribution is -2.41. The molecule has 2 rings (SSSR count). The van der Waals surface area contributed by atoms with Gasteiger partial charge < -0.3 is 19.7 Å². The highest BCUT2D eigenvalue weighted by Crippen LogP contribution is 2.16. The highest BCUT2D eigenvalue weighted by atomic mass is 127. The van der Waals surface area contributed by atoms with E-state index >= 15 is 0 Å². The van der Waals surface area contributed by atoms with Crippen molar-refractivity contribution < 1.29 is 0 Å². The molecule has 5 nitrogen and oxygen atoms in total. The molecular formula is C16H29ClIN5. The van der Waals surface area contributed by atoms with E-state index < -0.39 is 0 Å². The summed E-state index contributed by atoms with van der Waals surface area (Å²) in [6.45, 7) is 7.57. The van der Waals surface area contributed by atoms with Crippen LogP contribution in [0.3, 0.4) is 0 Å². The second-order valence-corrected chi connectivity index (χ2v) is 6.53. The fourth-order valence-corrected chi connectivity index (χ4v) is 3.30. The van der Waals surface area contributed by atoms with Gasteiger partial charge in [0.2, 0.25) is 0 Å². The van der Waals surface area contributed by atoms with Crippen molar-refractivity contribution in [3.05, 3.63) is 23.0 Å². The van der Waals surface area contributed by atoms with Gasteiger partial charge in [-0.3, -0.25) is 4.99 Å². The molecule has 23 heavy (non-hydrogen) atoms. The van der Waals surface area contributed by atoms with Crippen molar-refractivity contribution in [3.8, 4) is 0 Å². The minimum absolute atomic E-state index is 0. The number of likely N-dealkylation sites (tertiary alicyclic amines) is 1. The molecule has 2 heterocycles. The molecule has 1 unspecified atom stereocenters. The fraction of sp³-hybridized carbons (Fsp3) is 0.688. The van der Waals surface area contributed by atoms with E-state index in [1.807, 2.05) is 26.4 Å². The molecular weight excluding hydrogens is 425 g/mol. The van der Waals surface area contributed by atoms with E-state index in [1.165, 1.54) is 25.2 Å². The summed E-state index contributed by atoms with van der Waals surface area (Å²) < 4.78 is 2.06. The van der Waals surface area contributed by atoms with Crippen molar-refractivity contribution in [2.75, 3.05) is 40.3 Å². The zero-order valence-electron chi connectivity index (χ0n) is 14.5. The number of hydrogen-bond donors (Lipinski definition) is 1. The Kier molecular flexibility index (Phi) is 8.71. The topological polar surface area (TPSA) is 35.8 Å². The minimum Gasteiger partial charge on any atom is -0.356 e. The number of aliphatic imine (C=N–C) groups is 1. The quantitative estimate of drug-likeness (QED) is 0.423. The number of nitrogens with zero attached hydrogens (tertiary/aromatic N) is 4. The lowest BCUT2D eigenvalue weighted by Gasteiger charge is -2.23. The molecule has 0 bridgehead atoms. The van der Waals surface area contributed by atoms with Gasteiger partial charge in [-0.15, -0.1) is 24.0 Å². The van der Waals surface area contributed by atoms with Crippen molar-refractivity contribution in [3.63, 3.8) is 0 Å². The van der Waals surface area contributed by atoms with Crippen LogP contribution in [0.15, 0.2) is 17.3 Å². The third-order valence-corrected chi connectivity index (χ3v) is 4.62. The lowest BCUT2D eigenvalue weighted by atomic mass is 10.1. The average molecular weight is 454 g/mol. The van der Waals surface area contributed by atoms with Crippen LogP contribution < -0.4 is 5.32 Å². The van der Waals surface area contributed by atoms with Gasteiger partial charge in [0.25, 0.3) is 0 Å². The van der Waals surface area contributed by atoms with Crippen LogP contribution in [0.4, 0.5) is 0 Å². The molecule has 1 N–H and O–H groups in total. The minimum atomic E-state index is 0. The van der Waals surface area contributed by atoms with Crippen molar-refractivity contribution in [1.29, 1.82) is 0 Å². The summed E-state index contributed by atoms with van der Waals surface area (Å²) in [5.41, 5.74) is 1.17. The van der Waals surface area contributed by atoms with Gasteiger partial charge in [0, 0.05) is 46.1 Å². The Morgan fingerprint density at radius 2 is 2.26 bits per heavy atom. The van der Waals surface area contributed by atoms with Crippen LogP contribution in [-0.2, 0) is 13.6 Å². The normalized spacial score (nSPS) is 18.8. The van der Waals surface area contributed by atoms with Crippen molar-refractivity contribution in [2.45, 2.75) is 19.9 Å². The SMILES string of the molecule is CCN1CCC(CNC(=NC)N(C)Cc2cc(Cl)cn2C)C1.I. The third-order valence-electron chi connectivity index (χ3n) is 4.41. The van der Waals surface area contributed by atoms with Gasteiger partial charge in [0.05, 0.1) is 11.6 Å². The van der Waals surface area contributed by atoms with Crippen LogP contribution in [0.5, 0.6) is 0 Å². The molecule has 0 amide bonds. The Morgan fingerprint density at radius 1 is 1.52 bits per heavy atom. The molecule has 1 saturated heterocycles. The Morgan fingerprint density at radius 3 is 2.78 bits per heavy atom. The molecule has 1 atom stereocenters.